The number of carbonyl (C=O) groups excluding carboxylic acids is 1. The molecule has 1 fully saturated rings. The van der Waals surface area contributed by atoms with Gasteiger partial charge in [0.2, 0.25) is 5.91 Å². The van der Waals surface area contributed by atoms with Gasteiger partial charge in [0, 0.05) is 22.7 Å². The highest BCUT2D eigenvalue weighted by molar-refractivity contribution is 9.10. The van der Waals surface area contributed by atoms with Gasteiger partial charge in [-0.15, -0.1) is 0 Å². The summed E-state index contributed by atoms with van der Waals surface area (Å²) >= 11 is 7.39. The summed E-state index contributed by atoms with van der Waals surface area (Å²) in [6, 6.07) is 4.68. The lowest BCUT2D eigenvalue weighted by Crippen LogP contribution is -2.25. The number of anilines is 1. The van der Waals surface area contributed by atoms with Crippen LogP contribution in [0.3, 0.4) is 0 Å². The predicted octanol–water partition coefficient (Wildman–Crippen LogP) is 2.62. The first-order chi connectivity index (χ1) is 7.08. The zero-order chi connectivity index (χ0) is 11.0. The van der Waals surface area contributed by atoms with Gasteiger partial charge < -0.3 is 4.90 Å². The topological polar surface area (TPSA) is 20.3 Å². The molecule has 15 heavy (non-hydrogen) atoms. The molecule has 1 unspecified atom stereocenters. The van der Waals surface area contributed by atoms with Crippen LogP contribution in [0.15, 0.2) is 22.7 Å². The Hall–Kier alpha value is -0.550. The third-order valence-electron chi connectivity index (χ3n) is 2.31. The van der Waals surface area contributed by atoms with Gasteiger partial charge in [-0.25, -0.2) is 4.39 Å². The lowest BCUT2D eigenvalue weighted by molar-refractivity contribution is -0.117. The highest BCUT2D eigenvalue weighted by Crippen LogP contribution is 2.28. The summed E-state index contributed by atoms with van der Waals surface area (Å²) in [4.78, 5) is 13.0. The van der Waals surface area contributed by atoms with Gasteiger partial charge >= 0.3 is 0 Å². The van der Waals surface area contributed by atoms with Crippen LogP contribution >= 0.6 is 28.6 Å². The largest absolute Gasteiger partial charge is 0.309 e. The van der Waals surface area contributed by atoms with Crippen molar-refractivity contribution in [3.05, 3.63) is 28.5 Å². The van der Waals surface area contributed by atoms with E-state index < -0.39 is 0 Å². The third-order valence-corrected chi connectivity index (χ3v) is 3.14. The number of rotatable bonds is 1. The molecule has 0 aromatic heterocycles. The van der Waals surface area contributed by atoms with Gasteiger partial charge in [-0.2, -0.15) is 12.6 Å². The maximum Gasteiger partial charge on any atom is 0.228 e. The Morgan fingerprint density at radius 2 is 2.27 bits per heavy atom. The molecular formula is C10H9BrFNOS. The van der Waals surface area contributed by atoms with E-state index in [1.165, 1.54) is 11.0 Å². The van der Waals surface area contributed by atoms with Crippen LogP contribution in [0, 0.1) is 5.82 Å². The van der Waals surface area contributed by atoms with Gasteiger partial charge in [-0.3, -0.25) is 4.79 Å². The van der Waals surface area contributed by atoms with Gasteiger partial charge in [0.1, 0.15) is 5.82 Å². The first-order valence-corrected chi connectivity index (χ1v) is 5.82. The quantitative estimate of drug-likeness (QED) is 0.788. The van der Waals surface area contributed by atoms with Gasteiger partial charge in [0.15, 0.2) is 0 Å². The van der Waals surface area contributed by atoms with Crippen LogP contribution in [0.4, 0.5) is 10.1 Å². The molecule has 1 atom stereocenters. The van der Waals surface area contributed by atoms with Crippen molar-refractivity contribution in [1.82, 2.24) is 0 Å². The molecule has 2 rings (SSSR count). The van der Waals surface area contributed by atoms with E-state index in [1.54, 1.807) is 12.1 Å². The normalized spacial score (nSPS) is 21.1. The number of benzene rings is 1. The number of halogens is 2. The van der Waals surface area contributed by atoms with Crippen molar-refractivity contribution in [3.63, 3.8) is 0 Å². The Balaban J connectivity index is 2.34. The summed E-state index contributed by atoms with van der Waals surface area (Å²) in [6.45, 7) is 0.473. The van der Waals surface area contributed by atoms with Crippen LogP contribution in [-0.2, 0) is 4.79 Å². The molecule has 0 bridgehead atoms. The van der Waals surface area contributed by atoms with E-state index in [0.717, 1.165) is 0 Å². The number of nitrogens with zero attached hydrogens (tertiary/aromatic N) is 1. The van der Waals surface area contributed by atoms with Crippen molar-refractivity contribution in [1.29, 1.82) is 0 Å². The average Bonchev–Trinajstić information content (AvgIpc) is 2.45. The second kappa shape index (κ2) is 4.14. The van der Waals surface area contributed by atoms with E-state index in [9.17, 15) is 9.18 Å². The number of hydrogen-bond acceptors (Lipinski definition) is 2. The lowest BCUT2D eigenvalue weighted by Gasteiger charge is -2.16. The van der Waals surface area contributed by atoms with E-state index in [0.29, 0.717) is 23.1 Å². The van der Waals surface area contributed by atoms with Crippen molar-refractivity contribution < 1.29 is 9.18 Å². The summed E-state index contributed by atoms with van der Waals surface area (Å²) in [6.07, 6.45) is 0.374. The van der Waals surface area contributed by atoms with Crippen LogP contribution in [0.25, 0.3) is 0 Å². The molecule has 1 aromatic carbocycles. The van der Waals surface area contributed by atoms with Crippen LogP contribution in [0.1, 0.15) is 6.42 Å². The molecule has 1 aliphatic rings. The van der Waals surface area contributed by atoms with Crippen molar-refractivity contribution in [3.8, 4) is 0 Å². The molecule has 5 heteroatoms. The van der Waals surface area contributed by atoms with E-state index in [4.69, 9.17) is 0 Å². The minimum absolute atomic E-state index is 0.000506. The van der Waals surface area contributed by atoms with Gasteiger partial charge in [-0.05, 0) is 18.2 Å². The molecule has 1 amide bonds. The molecule has 0 aliphatic carbocycles. The molecule has 0 N–H and O–H groups in total. The maximum absolute atomic E-state index is 13.6. The molecule has 1 heterocycles. The van der Waals surface area contributed by atoms with Crippen molar-refractivity contribution in [2.24, 2.45) is 0 Å². The maximum atomic E-state index is 13.6. The fraction of sp³-hybridized carbons (Fsp3) is 0.300. The molecule has 1 aromatic rings. The second-order valence-electron chi connectivity index (χ2n) is 3.46. The van der Waals surface area contributed by atoms with Gasteiger partial charge in [0.05, 0.1) is 5.69 Å². The SMILES string of the molecule is O=C1CC(S)CN1c1ccc(Br)cc1F. The molecule has 0 spiro atoms. The summed E-state index contributed by atoms with van der Waals surface area (Å²) in [5, 5.41) is 0.000506. The van der Waals surface area contributed by atoms with Crippen LogP contribution in [0.5, 0.6) is 0 Å². The summed E-state index contributed by atoms with van der Waals surface area (Å²) in [5.74, 6) is -0.462. The molecule has 2 nitrogen and oxygen atoms in total. The van der Waals surface area contributed by atoms with Gasteiger partial charge in [-0.1, -0.05) is 15.9 Å². The Bertz CT molecular complexity index is 412. The first kappa shape index (κ1) is 11.0. The minimum atomic E-state index is -0.389. The van der Waals surface area contributed by atoms with E-state index in [-0.39, 0.29) is 17.0 Å². The molecule has 0 saturated carbocycles. The standard InChI is InChI=1S/C10H9BrFNOS/c11-6-1-2-9(8(12)3-6)13-5-7(15)4-10(13)14/h1-3,7,15H,4-5H2. The Morgan fingerprint density at radius 1 is 1.53 bits per heavy atom. The number of thiol groups is 1. The van der Waals surface area contributed by atoms with Crippen LogP contribution < -0.4 is 4.90 Å². The zero-order valence-corrected chi connectivity index (χ0v) is 10.3. The third kappa shape index (κ3) is 2.18. The lowest BCUT2D eigenvalue weighted by atomic mass is 10.3. The Morgan fingerprint density at radius 3 is 2.80 bits per heavy atom. The zero-order valence-electron chi connectivity index (χ0n) is 7.78. The summed E-state index contributed by atoms with van der Waals surface area (Å²) < 4.78 is 14.2. The predicted molar refractivity (Wildman–Crippen MR) is 63.8 cm³/mol. The smallest absolute Gasteiger partial charge is 0.228 e. The van der Waals surface area contributed by atoms with E-state index in [1.807, 2.05) is 0 Å². The van der Waals surface area contributed by atoms with E-state index >= 15 is 0 Å². The fourth-order valence-electron chi connectivity index (χ4n) is 1.62. The molecule has 1 aliphatic heterocycles. The number of amides is 1. The average molecular weight is 290 g/mol. The number of hydrogen-bond donors (Lipinski definition) is 1. The van der Waals surface area contributed by atoms with Crippen LogP contribution in [-0.4, -0.2) is 17.7 Å². The molecular weight excluding hydrogens is 281 g/mol. The van der Waals surface area contributed by atoms with Crippen molar-refractivity contribution >= 4 is 40.2 Å². The highest BCUT2D eigenvalue weighted by Gasteiger charge is 2.29. The highest BCUT2D eigenvalue weighted by atomic mass is 79.9. The molecule has 1 saturated heterocycles. The van der Waals surface area contributed by atoms with Crippen LogP contribution in [0.2, 0.25) is 0 Å². The molecule has 0 radical (unpaired) electrons. The summed E-state index contributed by atoms with van der Waals surface area (Å²) in [7, 11) is 0. The van der Waals surface area contributed by atoms with Crippen molar-refractivity contribution in [2.75, 3.05) is 11.4 Å². The first-order valence-electron chi connectivity index (χ1n) is 4.51. The molecule has 80 valence electrons. The second-order valence-corrected chi connectivity index (χ2v) is 5.10. The fourth-order valence-corrected chi connectivity index (χ4v) is 2.27. The Kier molecular flexibility index (Phi) is 3.02. The van der Waals surface area contributed by atoms with Gasteiger partial charge in [0.25, 0.3) is 0 Å². The monoisotopic (exact) mass is 289 g/mol. The van der Waals surface area contributed by atoms with Crippen molar-refractivity contribution in [2.45, 2.75) is 11.7 Å². The summed E-state index contributed by atoms with van der Waals surface area (Å²) in [5.41, 5.74) is 0.333. The minimum Gasteiger partial charge on any atom is -0.309 e. The Labute approximate surface area is 101 Å². The number of carbonyl (C=O) groups is 1. The van der Waals surface area contributed by atoms with E-state index in [2.05, 4.69) is 28.6 Å².